The normalized spacial score (nSPS) is 22.9. The molecule has 1 unspecified atom stereocenters. The molecule has 0 bridgehead atoms. The molecule has 70 valence electrons. The van der Waals surface area contributed by atoms with Gasteiger partial charge in [-0.2, -0.15) is 0 Å². The van der Waals surface area contributed by atoms with Crippen molar-refractivity contribution in [3.05, 3.63) is 22.2 Å². The first-order valence-electron chi connectivity index (χ1n) is 4.35. The summed E-state index contributed by atoms with van der Waals surface area (Å²) in [5.74, 6) is 0. The minimum Gasteiger partial charge on any atom is -0.323 e. The summed E-state index contributed by atoms with van der Waals surface area (Å²) in [4.78, 5) is 4.42. The molecule has 3 N–H and O–H groups in total. The van der Waals surface area contributed by atoms with Crippen LogP contribution in [0.4, 0.5) is 0 Å². The van der Waals surface area contributed by atoms with Gasteiger partial charge in [-0.1, -0.05) is 6.08 Å². The molecule has 1 atom stereocenters. The van der Waals surface area contributed by atoms with Crippen molar-refractivity contribution in [2.24, 2.45) is 5.73 Å². The molecular weight excluding hydrogens is 182 g/mol. The van der Waals surface area contributed by atoms with Crippen molar-refractivity contribution in [1.29, 1.82) is 0 Å². The van der Waals surface area contributed by atoms with E-state index in [0.717, 1.165) is 23.8 Å². The molecule has 4 heteroatoms. The van der Waals surface area contributed by atoms with Crippen LogP contribution in [-0.4, -0.2) is 24.1 Å². The zero-order valence-electron chi connectivity index (χ0n) is 7.58. The number of nitrogens with two attached hydrogens (primary N) is 1. The monoisotopic (exact) mass is 195 g/mol. The highest BCUT2D eigenvalue weighted by molar-refractivity contribution is 7.09. The molecule has 0 saturated carbocycles. The maximum Gasteiger partial charge on any atom is 0.0901 e. The van der Waals surface area contributed by atoms with E-state index in [-0.39, 0.29) is 6.04 Å². The molecule has 2 rings (SSSR count). The highest BCUT2D eigenvalue weighted by Crippen LogP contribution is 2.18. The van der Waals surface area contributed by atoms with Crippen molar-refractivity contribution in [1.82, 2.24) is 10.3 Å². The highest BCUT2D eigenvalue weighted by atomic mass is 32.1. The molecule has 0 spiro atoms. The minimum atomic E-state index is 0.130. The molecular formula is C9H13N3S. The van der Waals surface area contributed by atoms with Crippen molar-refractivity contribution in [3.63, 3.8) is 0 Å². The van der Waals surface area contributed by atoms with Crippen LogP contribution >= 0.6 is 11.3 Å². The van der Waals surface area contributed by atoms with E-state index in [9.17, 15) is 0 Å². The third kappa shape index (κ3) is 1.96. The van der Waals surface area contributed by atoms with E-state index < -0.39 is 0 Å². The summed E-state index contributed by atoms with van der Waals surface area (Å²) in [7, 11) is 0. The zero-order chi connectivity index (χ0) is 9.26. The Morgan fingerprint density at radius 3 is 3.15 bits per heavy atom. The van der Waals surface area contributed by atoms with Crippen LogP contribution in [0.5, 0.6) is 0 Å². The number of thiazole rings is 1. The predicted molar refractivity (Wildman–Crippen MR) is 55.7 cm³/mol. The summed E-state index contributed by atoms with van der Waals surface area (Å²) >= 11 is 1.68. The van der Waals surface area contributed by atoms with Gasteiger partial charge >= 0.3 is 0 Å². The first kappa shape index (κ1) is 8.87. The van der Waals surface area contributed by atoms with E-state index in [4.69, 9.17) is 5.73 Å². The van der Waals surface area contributed by atoms with E-state index >= 15 is 0 Å². The molecule has 1 aliphatic rings. The van der Waals surface area contributed by atoms with Gasteiger partial charge in [0, 0.05) is 24.5 Å². The van der Waals surface area contributed by atoms with Crippen LogP contribution in [0.1, 0.15) is 10.7 Å². The largest absolute Gasteiger partial charge is 0.323 e. The summed E-state index contributed by atoms with van der Waals surface area (Å²) in [6.45, 7) is 3.77. The number of nitrogens with zero attached hydrogens (tertiary/aromatic N) is 1. The predicted octanol–water partition coefficient (Wildman–Crippen LogP) is 0.765. The lowest BCUT2D eigenvalue weighted by atomic mass is 10.1. The second kappa shape index (κ2) is 3.57. The van der Waals surface area contributed by atoms with Gasteiger partial charge in [0.05, 0.1) is 10.7 Å². The van der Waals surface area contributed by atoms with Crippen LogP contribution in [0, 0.1) is 6.92 Å². The van der Waals surface area contributed by atoms with Crippen LogP contribution in [0.25, 0.3) is 5.57 Å². The second-order valence-corrected chi connectivity index (χ2v) is 4.30. The summed E-state index contributed by atoms with van der Waals surface area (Å²) in [6, 6.07) is 0.130. The molecule has 3 nitrogen and oxygen atoms in total. The van der Waals surface area contributed by atoms with Crippen LogP contribution in [-0.2, 0) is 0 Å². The van der Waals surface area contributed by atoms with Crippen molar-refractivity contribution in [2.75, 3.05) is 13.1 Å². The SMILES string of the molecule is Cc1nc(C2=CC(N)CNC2)cs1. The van der Waals surface area contributed by atoms with Crippen molar-refractivity contribution >= 4 is 16.9 Å². The lowest BCUT2D eigenvalue weighted by molar-refractivity contribution is 0.662. The molecule has 0 fully saturated rings. The van der Waals surface area contributed by atoms with Crippen LogP contribution < -0.4 is 11.1 Å². The average molecular weight is 195 g/mol. The van der Waals surface area contributed by atoms with Crippen molar-refractivity contribution in [3.8, 4) is 0 Å². The van der Waals surface area contributed by atoms with Gasteiger partial charge in [0.25, 0.3) is 0 Å². The van der Waals surface area contributed by atoms with Crippen LogP contribution in [0.15, 0.2) is 11.5 Å². The number of nitrogens with one attached hydrogen (secondary N) is 1. The van der Waals surface area contributed by atoms with E-state index in [1.165, 1.54) is 5.57 Å². The van der Waals surface area contributed by atoms with Crippen molar-refractivity contribution in [2.45, 2.75) is 13.0 Å². The third-order valence-corrected chi connectivity index (χ3v) is 2.83. The van der Waals surface area contributed by atoms with Gasteiger partial charge in [-0.05, 0) is 12.5 Å². The first-order chi connectivity index (χ1) is 6.25. The lowest BCUT2D eigenvalue weighted by Crippen LogP contribution is -2.37. The van der Waals surface area contributed by atoms with E-state index in [1.807, 2.05) is 6.92 Å². The molecule has 1 aromatic rings. The fourth-order valence-electron chi connectivity index (χ4n) is 1.44. The van der Waals surface area contributed by atoms with Gasteiger partial charge in [-0.3, -0.25) is 0 Å². The van der Waals surface area contributed by atoms with Gasteiger partial charge in [0.1, 0.15) is 0 Å². The standard InChI is InChI=1S/C9H13N3S/c1-6-12-9(5-13-6)7-2-8(10)4-11-3-7/h2,5,8,11H,3-4,10H2,1H3. The van der Waals surface area contributed by atoms with Gasteiger partial charge in [-0.25, -0.2) is 4.98 Å². The number of aryl methyl sites for hydroxylation is 1. The minimum absolute atomic E-state index is 0.130. The zero-order valence-corrected chi connectivity index (χ0v) is 8.40. The van der Waals surface area contributed by atoms with Gasteiger partial charge < -0.3 is 11.1 Å². The Labute approximate surface area is 81.7 Å². The van der Waals surface area contributed by atoms with Gasteiger partial charge in [0.15, 0.2) is 0 Å². The molecule has 0 radical (unpaired) electrons. The van der Waals surface area contributed by atoms with E-state index in [1.54, 1.807) is 11.3 Å². The summed E-state index contributed by atoms with van der Waals surface area (Å²) < 4.78 is 0. The topological polar surface area (TPSA) is 50.9 Å². The number of rotatable bonds is 1. The number of hydrogen-bond acceptors (Lipinski definition) is 4. The van der Waals surface area contributed by atoms with Gasteiger partial charge in [-0.15, -0.1) is 11.3 Å². The Kier molecular flexibility index (Phi) is 2.44. The second-order valence-electron chi connectivity index (χ2n) is 3.24. The number of hydrogen-bond donors (Lipinski definition) is 2. The fourth-order valence-corrected chi connectivity index (χ4v) is 2.07. The summed E-state index contributed by atoms with van der Waals surface area (Å²) in [5, 5.41) is 6.45. The molecule has 13 heavy (non-hydrogen) atoms. The molecule has 1 aliphatic heterocycles. The maximum absolute atomic E-state index is 5.81. The maximum atomic E-state index is 5.81. The molecule has 2 heterocycles. The average Bonchev–Trinajstić information content (AvgIpc) is 2.52. The first-order valence-corrected chi connectivity index (χ1v) is 5.23. The lowest BCUT2D eigenvalue weighted by Gasteiger charge is -2.17. The molecule has 0 aliphatic carbocycles. The Morgan fingerprint density at radius 1 is 1.69 bits per heavy atom. The summed E-state index contributed by atoms with van der Waals surface area (Å²) in [5.41, 5.74) is 8.11. The Morgan fingerprint density at radius 2 is 2.54 bits per heavy atom. The smallest absolute Gasteiger partial charge is 0.0901 e. The van der Waals surface area contributed by atoms with Gasteiger partial charge in [0.2, 0.25) is 0 Å². The quantitative estimate of drug-likeness (QED) is 0.696. The van der Waals surface area contributed by atoms with Crippen LogP contribution in [0.2, 0.25) is 0 Å². The number of aromatic nitrogens is 1. The Bertz CT molecular complexity index is 329. The highest BCUT2D eigenvalue weighted by Gasteiger charge is 2.12. The van der Waals surface area contributed by atoms with Crippen molar-refractivity contribution < 1.29 is 0 Å². The third-order valence-electron chi connectivity index (χ3n) is 2.06. The van der Waals surface area contributed by atoms with E-state index in [2.05, 4.69) is 21.8 Å². The fraction of sp³-hybridized carbons (Fsp3) is 0.444. The Balaban J connectivity index is 2.25. The van der Waals surface area contributed by atoms with Crippen LogP contribution in [0.3, 0.4) is 0 Å². The summed E-state index contributed by atoms with van der Waals surface area (Å²) in [6.07, 6.45) is 2.10. The molecule has 1 aromatic heterocycles. The van der Waals surface area contributed by atoms with E-state index in [0.29, 0.717) is 0 Å². The molecule has 0 aromatic carbocycles. The molecule has 0 saturated heterocycles. The Hall–Kier alpha value is -0.710. The molecule has 0 amide bonds.